The molecule has 0 aliphatic rings. The van der Waals surface area contributed by atoms with Gasteiger partial charge in [0.05, 0.1) is 19.9 Å². The summed E-state index contributed by atoms with van der Waals surface area (Å²) in [5.74, 6) is 0.631. The second kappa shape index (κ2) is 6.08. The summed E-state index contributed by atoms with van der Waals surface area (Å²) in [7, 11) is 2.99. The number of methoxy groups -OCH3 is 2. The molecule has 0 aliphatic carbocycles. The fraction of sp³-hybridized carbons (Fsp3) is 0.214. The maximum atomic E-state index is 12.2. The lowest BCUT2D eigenvalue weighted by Crippen LogP contribution is -2.15. The van der Waals surface area contributed by atoms with Crippen LogP contribution in [0.3, 0.4) is 0 Å². The largest absolute Gasteiger partial charge is 0.495 e. The van der Waals surface area contributed by atoms with Gasteiger partial charge in [-0.05, 0) is 25.1 Å². The van der Waals surface area contributed by atoms with Crippen LogP contribution in [0.4, 0.5) is 11.6 Å². The van der Waals surface area contributed by atoms with Crippen LogP contribution in [0, 0.1) is 6.92 Å². The van der Waals surface area contributed by atoms with Gasteiger partial charge in [-0.15, -0.1) is 0 Å². The smallest absolute Gasteiger partial charge is 0.258 e. The van der Waals surface area contributed by atoms with Crippen molar-refractivity contribution in [1.29, 1.82) is 0 Å². The van der Waals surface area contributed by atoms with E-state index in [0.29, 0.717) is 28.6 Å². The second-order valence-corrected chi connectivity index (χ2v) is 4.29. The number of carbonyl (C=O) groups is 1. The number of benzene rings is 1. The number of ether oxygens (including phenoxy) is 2. The van der Waals surface area contributed by atoms with Crippen molar-refractivity contribution >= 4 is 17.5 Å². The van der Waals surface area contributed by atoms with Crippen LogP contribution in [0.15, 0.2) is 24.3 Å². The number of nitrogens with zero attached hydrogens (tertiary/aromatic N) is 2. The van der Waals surface area contributed by atoms with Gasteiger partial charge >= 0.3 is 0 Å². The average Bonchev–Trinajstić information content (AvgIpc) is 2.46. The van der Waals surface area contributed by atoms with Crippen LogP contribution in [-0.2, 0) is 0 Å². The van der Waals surface area contributed by atoms with Gasteiger partial charge in [-0.3, -0.25) is 10.1 Å². The highest BCUT2D eigenvalue weighted by atomic mass is 16.5. The molecule has 7 heteroatoms. The first-order valence-corrected chi connectivity index (χ1v) is 6.18. The van der Waals surface area contributed by atoms with E-state index in [4.69, 9.17) is 15.2 Å². The zero-order chi connectivity index (χ0) is 15.4. The normalized spacial score (nSPS) is 10.0. The number of nitrogens with two attached hydrogens (primary N) is 1. The molecule has 0 radical (unpaired) electrons. The highest BCUT2D eigenvalue weighted by molar-refractivity contribution is 6.03. The molecule has 0 atom stereocenters. The van der Waals surface area contributed by atoms with Crippen molar-refractivity contribution in [2.45, 2.75) is 6.92 Å². The monoisotopic (exact) mass is 288 g/mol. The molecule has 0 spiro atoms. The Morgan fingerprint density at radius 1 is 1.19 bits per heavy atom. The standard InChI is InChI=1S/C14H16N4O3/c1-8-6-12(21-3)17-14(16-8)18-13(19)9-4-5-10(15)11(7-9)20-2/h4-7H,15H2,1-3H3,(H,16,17,18,19). The van der Waals surface area contributed by atoms with Gasteiger partial charge in [-0.2, -0.15) is 4.98 Å². The fourth-order valence-electron chi connectivity index (χ4n) is 1.73. The molecule has 1 aromatic heterocycles. The Bertz CT molecular complexity index is 673. The first-order chi connectivity index (χ1) is 10.0. The summed E-state index contributed by atoms with van der Waals surface area (Å²) in [6.45, 7) is 1.78. The van der Waals surface area contributed by atoms with Gasteiger partial charge in [0.25, 0.3) is 5.91 Å². The number of amides is 1. The molecule has 0 fully saturated rings. The van der Waals surface area contributed by atoms with Gasteiger partial charge in [0.2, 0.25) is 11.8 Å². The number of aryl methyl sites for hydroxylation is 1. The quantitative estimate of drug-likeness (QED) is 0.830. The summed E-state index contributed by atoms with van der Waals surface area (Å²) >= 11 is 0. The molecule has 1 aromatic carbocycles. The summed E-state index contributed by atoms with van der Waals surface area (Å²) < 4.78 is 10.1. The van der Waals surface area contributed by atoms with Gasteiger partial charge < -0.3 is 15.2 Å². The third-order valence-corrected chi connectivity index (χ3v) is 2.76. The number of rotatable bonds is 4. The van der Waals surface area contributed by atoms with Crippen molar-refractivity contribution < 1.29 is 14.3 Å². The summed E-state index contributed by atoms with van der Waals surface area (Å²) in [5, 5.41) is 2.61. The van der Waals surface area contributed by atoms with Gasteiger partial charge in [-0.1, -0.05) is 0 Å². The molecule has 110 valence electrons. The van der Waals surface area contributed by atoms with Crippen LogP contribution in [0.25, 0.3) is 0 Å². The maximum absolute atomic E-state index is 12.2. The first kappa shape index (κ1) is 14.6. The summed E-state index contributed by atoms with van der Waals surface area (Å²) in [5.41, 5.74) is 7.25. The van der Waals surface area contributed by atoms with Crippen molar-refractivity contribution in [2.24, 2.45) is 0 Å². The van der Waals surface area contributed by atoms with Crippen LogP contribution in [-0.4, -0.2) is 30.1 Å². The molecular formula is C14H16N4O3. The SMILES string of the molecule is COc1cc(C)nc(NC(=O)c2ccc(N)c(OC)c2)n1. The molecular weight excluding hydrogens is 272 g/mol. The summed E-state index contributed by atoms with van der Waals surface area (Å²) in [4.78, 5) is 20.4. The lowest BCUT2D eigenvalue weighted by Gasteiger charge is -2.09. The minimum atomic E-state index is -0.360. The van der Waals surface area contributed by atoms with Crippen LogP contribution in [0.5, 0.6) is 11.6 Å². The minimum absolute atomic E-state index is 0.174. The van der Waals surface area contributed by atoms with Crippen LogP contribution in [0.2, 0.25) is 0 Å². The predicted molar refractivity (Wildman–Crippen MR) is 78.7 cm³/mol. The molecule has 21 heavy (non-hydrogen) atoms. The van der Waals surface area contributed by atoms with E-state index in [1.165, 1.54) is 14.2 Å². The van der Waals surface area contributed by atoms with Crippen molar-refractivity contribution in [1.82, 2.24) is 9.97 Å². The molecule has 0 aliphatic heterocycles. The Balaban J connectivity index is 2.23. The maximum Gasteiger partial charge on any atom is 0.258 e. The molecule has 7 nitrogen and oxygen atoms in total. The molecule has 2 aromatic rings. The number of carbonyl (C=O) groups excluding carboxylic acids is 1. The number of hydrogen-bond donors (Lipinski definition) is 2. The molecule has 0 unspecified atom stereocenters. The van der Waals surface area contributed by atoms with Crippen molar-refractivity contribution in [3.05, 3.63) is 35.5 Å². The molecule has 0 saturated carbocycles. The Labute approximate surface area is 122 Å². The lowest BCUT2D eigenvalue weighted by molar-refractivity contribution is 0.102. The zero-order valence-electron chi connectivity index (χ0n) is 12.0. The molecule has 0 saturated heterocycles. The Morgan fingerprint density at radius 3 is 2.62 bits per heavy atom. The van der Waals surface area contributed by atoms with E-state index in [9.17, 15) is 4.79 Å². The zero-order valence-corrected chi connectivity index (χ0v) is 12.0. The van der Waals surface area contributed by atoms with Gasteiger partial charge in [0.1, 0.15) is 5.75 Å². The second-order valence-electron chi connectivity index (χ2n) is 4.29. The molecule has 1 amide bonds. The van der Waals surface area contributed by atoms with Crippen LogP contribution in [0.1, 0.15) is 16.1 Å². The van der Waals surface area contributed by atoms with Crippen molar-refractivity contribution in [2.75, 3.05) is 25.3 Å². The van der Waals surface area contributed by atoms with Crippen LogP contribution >= 0.6 is 0 Å². The number of aromatic nitrogens is 2. The lowest BCUT2D eigenvalue weighted by atomic mass is 10.2. The van der Waals surface area contributed by atoms with E-state index >= 15 is 0 Å². The van der Waals surface area contributed by atoms with E-state index in [-0.39, 0.29) is 11.9 Å². The van der Waals surface area contributed by atoms with Crippen LogP contribution < -0.4 is 20.5 Å². The third kappa shape index (κ3) is 3.38. The Hall–Kier alpha value is -2.83. The molecule has 2 rings (SSSR count). The van der Waals surface area contributed by atoms with E-state index in [2.05, 4.69) is 15.3 Å². The van der Waals surface area contributed by atoms with Crippen molar-refractivity contribution in [3.63, 3.8) is 0 Å². The van der Waals surface area contributed by atoms with Gasteiger partial charge in [0.15, 0.2) is 0 Å². The van der Waals surface area contributed by atoms with E-state index in [0.717, 1.165) is 0 Å². The number of nitrogen functional groups attached to an aromatic ring is 1. The first-order valence-electron chi connectivity index (χ1n) is 6.18. The average molecular weight is 288 g/mol. The minimum Gasteiger partial charge on any atom is -0.495 e. The Kier molecular flexibility index (Phi) is 4.22. The highest BCUT2D eigenvalue weighted by Gasteiger charge is 2.11. The van der Waals surface area contributed by atoms with E-state index in [1.807, 2.05) is 0 Å². The van der Waals surface area contributed by atoms with E-state index < -0.39 is 0 Å². The fourth-order valence-corrected chi connectivity index (χ4v) is 1.73. The molecule has 3 N–H and O–H groups in total. The number of hydrogen-bond acceptors (Lipinski definition) is 6. The summed E-state index contributed by atoms with van der Waals surface area (Å²) in [6, 6.07) is 6.42. The third-order valence-electron chi connectivity index (χ3n) is 2.76. The van der Waals surface area contributed by atoms with E-state index in [1.54, 1.807) is 31.2 Å². The number of anilines is 2. The van der Waals surface area contributed by atoms with Gasteiger partial charge in [0, 0.05) is 17.3 Å². The molecule has 1 heterocycles. The van der Waals surface area contributed by atoms with Crippen molar-refractivity contribution in [3.8, 4) is 11.6 Å². The Morgan fingerprint density at radius 2 is 1.95 bits per heavy atom. The highest BCUT2D eigenvalue weighted by Crippen LogP contribution is 2.22. The molecule has 0 bridgehead atoms. The predicted octanol–water partition coefficient (Wildman–Crippen LogP) is 1.64. The topological polar surface area (TPSA) is 99.4 Å². The number of nitrogens with one attached hydrogen (secondary N) is 1. The van der Waals surface area contributed by atoms with Gasteiger partial charge in [-0.25, -0.2) is 4.98 Å². The summed E-state index contributed by atoms with van der Waals surface area (Å²) in [6.07, 6.45) is 0.